The Hall–Kier alpha value is -2.25. The normalized spacial score (nSPS) is 25.7. The number of carbonyl (C=O) groups excluding carboxylic acids is 1. The van der Waals surface area contributed by atoms with E-state index in [2.05, 4.69) is 16.0 Å². The minimum Gasteiger partial charge on any atom is -0.361 e. The Morgan fingerprint density at radius 3 is 2.89 bits per heavy atom. The van der Waals surface area contributed by atoms with Gasteiger partial charge in [0.05, 0.1) is 24.1 Å². The van der Waals surface area contributed by atoms with Crippen molar-refractivity contribution in [2.75, 3.05) is 13.1 Å². The fourth-order valence-electron chi connectivity index (χ4n) is 4.23. The molecule has 7 heteroatoms. The van der Waals surface area contributed by atoms with E-state index in [1.54, 1.807) is 12.1 Å². The fraction of sp³-hybridized carbons (Fsp3) is 0.500. The van der Waals surface area contributed by atoms with E-state index >= 15 is 0 Å². The molecule has 0 saturated carbocycles. The van der Waals surface area contributed by atoms with Crippen LogP contribution < -0.4 is 10.9 Å². The lowest BCUT2D eigenvalue weighted by molar-refractivity contribution is -0.135. The van der Waals surface area contributed by atoms with Crippen LogP contribution >= 0.6 is 0 Å². The fourth-order valence-corrected chi connectivity index (χ4v) is 4.23. The zero-order valence-electron chi connectivity index (χ0n) is 15.5. The second-order valence-corrected chi connectivity index (χ2v) is 7.48. The SMILES string of the molecule is Cc1cc(C2CNNC2C2CCCCN2C(=O)Cc2ccc(F)cc2)on1. The Morgan fingerprint density at radius 2 is 2.15 bits per heavy atom. The molecule has 144 valence electrons. The first kappa shape index (κ1) is 18.1. The van der Waals surface area contributed by atoms with Crippen molar-refractivity contribution >= 4 is 5.91 Å². The van der Waals surface area contributed by atoms with Crippen molar-refractivity contribution in [1.29, 1.82) is 0 Å². The maximum atomic E-state index is 13.1. The van der Waals surface area contributed by atoms with E-state index in [9.17, 15) is 9.18 Å². The van der Waals surface area contributed by atoms with Crippen molar-refractivity contribution in [3.05, 3.63) is 53.2 Å². The van der Waals surface area contributed by atoms with Gasteiger partial charge in [-0.25, -0.2) is 4.39 Å². The quantitative estimate of drug-likeness (QED) is 0.862. The third kappa shape index (κ3) is 3.89. The molecule has 2 aliphatic rings. The van der Waals surface area contributed by atoms with Crippen LogP contribution in [0.2, 0.25) is 0 Å². The third-order valence-corrected chi connectivity index (χ3v) is 5.59. The standard InChI is InChI=1S/C20H25FN4O2/c1-13-10-18(27-24-13)16-12-22-23-20(16)17-4-2-3-9-25(17)19(26)11-14-5-7-15(21)8-6-14/h5-8,10,16-17,20,22-23H,2-4,9,11-12H2,1H3. The van der Waals surface area contributed by atoms with Gasteiger partial charge in [-0.2, -0.15) is 0 Å². The molecule has 0 radical (unpaired) electrons. The molecule has 1 aromatic carbocycles. The maximum Gasteiger partial charge on any atom is 0.227 e. The molecule has 1 aromatic heterocycles. The smallest absolute Gasteiger partial charge is 0.227 e. The molecule has 3 unspecified atom stereocenters. The molecule has 2 aromatic rings. The summed E-state index contributed by atoms with van der Waals surface area (Å²) in [6, 6.07) is 8.32. The number of hydrogen-bond donors (Lipinski definition) is 2. The van der Waals surface area contributed by atoms with Gasteiger partial charge in [0.1, 0.15) is 11.6 Å². The van der Waals surface area contributed by atoms with Crippen LogP contribution in [0.15, 0.2) is 34.9 Å². The zero-order chi connectivity index (χ0) is 18.8. The van der Waals surface area contributed by atoms with Crippen molar-refractivity contribution in [2.24, 2.45) is 0 Å². The number of benzene rings is 1. The predicted octanol–water partition coefficient (Wildman–Crippen LogP) is 2.31. The lowest BCUT2D eigenvalue weighted by Gasteiger charge is -2.40. The number of aromatic nitrogens is 1. The number of likely N-dealkylation sites (tertiary alicyclic amines) is 1. The molecule has 0 bridgehead atoms. The summed E-state index contributed by atoms with van der Waals surface area (Å²) in [7, 11) is 0. The number of amides is 1. The van der Waals surface area contributed by atoms with Gasteiger partial charge in [0.2, 0.25) is 5.91 Å². The van der Waals surface area contributed by atoms with Crippen LogP contribution in [0.5, 0.6) is 0 Å². The van der Waals surface area contributed by atoms with Crippen molar-refractivity contribution in [3.63, 3.8) is 0 Å². The second kappa shape index (κ2) is 7.78. The molecular formula is C20H25FN4O2. The van der Waals surface area contributed by atoms with Gasteiger partial charge in [-0.05, 0) is 43.9 Å². The van der Waals surface area contributed by atoms with Crippen molar-refractivity contribution in [2.45, 2.75) is 50.6 Å². The summed E-state index contributed by atoms with van der Waals surface area (Å²) >= 11 is 0. The van der Waals surface area contributed by atoms with Gasteiger partial charge in [0, 0.05) is 25.2 Å². The first-order valence-electron chi connectivity index (χ1n) is 9.57. The molecule has 0 spiro atoms. The number of hydrogen-bond acceptors (Lipinski definition) is 5. The minimum atomic E-state index is -0.284. The first-order valence-corrected chi connectivity index (χ1v) is 9.57. The predicted molar refractivity (Wildman–Crippen MR) is 98.4 cm³/mol. The number of piperidine rings is 1. The molecule has 6 nitrogen and oxygen atoms in total. The summed E-state index contributed by atoms with van der Waals surface area (Å²) in [5, 5.41) is 4.02. The average Bonchev–Trinajstić information content (AvgIpc) is 3.32. The van der Waals surface area contributed by atoms with Gasteiger partial charge in [0.15, 0.2) is 0 Å². The lowest BCUT2D eigenvalue weighted by atomic mass is 9.86. The van der Waals surface area contributed by atoms with E-state index in [0.29, 0.717) is 6.42 Å². The Balaban J connectivity index is 1.51. The number of hydrazine groups is 1. The molecule has 2 fully saturated rings. The Bertz CT molecular complexity index is 792. The van der Waals surface area contributed by atoms with Crippen molar-refractivity contribution < 1.29 is 13.7 Å². The van der Waals surface area contributed by atoms with E-state index in [-0.39, 0.29) is 29.7 Å². The average molecular weight is 372 g/mol. The summed E-state index contributed by atoms with van der Waals surface area (Å²) in [4.78, 5) is 15.0. The molecule has 2 saturated heterocycles. The molecule has 0 aliphatic carbocycles. The van der Waals surface area contributed by atoms with Crippen LogP contribution in [0, 0.1) is 12.7 Å². The maximum absolute atomic E-state index is 13.1. The van der Waals surface area contributed by atoms with Gasteiger partial charge in [-0.1, -0.05) is 17.3 Å². The molecule has 1 amide bonds. The number of aryl methyl sites for hydroxylation is 1. The number of nitrogens with zero attached hydrogens (tertiary/aromatic N) is 2. The minimum absolute atomic E-state index is 0.0785. The Kier molecular flexibility index (Phi) is 5.22. The van der Waals surface area contributed by atoms with Gasteiger partial charge in [-0.15, -0.1) is 0 Å². The highest BCUT2D eigenvalue weighted by Crippen LogP contribution is 2.31. The summed E-state index contributed by atoms with van der Waals surface area (Å²) in [5.41, 5.74) is 8.29. The lowest BCUT2D eigenvalue weighted by Crippen LogP contribution is -2.55. The van der Waals surface area contributed by atoms with Gasteiger partial charge in [0.25, 0.3) is 0 Å². The molecule has 2 N–H and O–H groups in total. The molecule has 3 atom stereocenters. The summed E-state index contributed by atoms with van der Waals surface area (Å²) in [6.07, 6.45) is 3.37. The number of nitrogens with one attached hydrogen (secondary N) is 2. The second-order valence-electron chi connectivity index (χ2n) is 7.48. The van der Waals surface area contributed by atoms with E-state index in [1.807, 2.05) is 17.9 Å². The molecule has 2 aliphatic heterocycles. The molecule has 3 heterocycles. The Labute approximate surface area is 158 Å². The Morgan fingerprint density at radius 1 is 1.33 bits per heavy atom. The monoisotopic (exact) mass is 372 g/mol. The van der Waals surface area contributed by atoms with Crippen LogP contribution in [-0.4, -0.2) is 41.1 Å². The van der Waals surface area contributed by atoms with E-state index < -0.39 is 0 Å². The van der Waals surface area contributed by atoms with Crippen molar-refractivity contribution in [3.8, 4) is 0 Å². The van der Waals surface area contributed by atoms with Crippen LogP contribution in [0.4, 0.5) is 4.39 Å². The topological polar surface area (TPSA) is 70.4 Å². The van der Waals surface area contributed by atoms with Gasteiger partial charge < -0.3 is 9.42 Å². The molecular weight excluding hydrogens is 347 g/mol. The summed E-state index contributed by atoms with van der Waals surface area (Å²) in [5.74, 6) is 0.794. The molecule has 27 heavy (non-hydrogen) atoms. The van der Waals surface area contributed by atoms with Crippen LogP contribution in [0.3, 0.4) is 0 Å². The first-order chi connectivity index (χ1) is 13.1. The van der Waals surface area contributed by atoms with E-state index in [4.69, 9.17) is 4.52 Å². The van der Waals surface area contributed by atoms with E-state index in [1.165, 1.54) is 12.1 Å². The van der Waals surface area contributed by atoms with Crippen LogP contribution in [0.25, 0.3) is 0 Å². The van der Waals surface area contributed by atoms with Crippen molar-refractivity contribution in [1.82, 2.24) is 20.9 Å². The molecule has 4 rings (SSSR count). The summed E-state index contributed by atoms with van der Waals surface area (Å²) < 4.78 is 18.6. The number of carbonyl (C=O) groups is 1. The third-order valence-electron chi connectivity index (χ3n) is 5.59. The highest BCUT2D eigenvalue weighted by atomic mass is 19.1. The zero-order valence-corrected chi connectivity index (χ0v) is 15.5. The van der Waals surface area contributed by atoms with Gasteiger partial charge in [-0.3, -0.25) is 15.6 Å². The van der Waals surface area contributed by atoms with Crippen LogP contribution in [-0.2, 0) is 11.2 Å². The number of halogens is 1. The summed E-state index contributed by atoms with van der Waals surface area (Å²) in [6.45, 7) is 3.41. The highest BCUT2D eigenvalue weighted by molar-refractivity contribution is 5.79. The largest absolute Gasteiger partial charge is 0.361 e. The number of rotatable bonds is 4. The highest BCUT2D eigenvalue weighted by Gasteiger charge is 2.41. The van der Waals surface area contributed by atoms with Gasteiger partial charge >= 0.3 is 0 Å². The van der Waals surface area contributed by atoms with Crippen LogP contribution in [0.1, 0.15) is 42.2 Å². The van der Waals surface area contributed by atoms with E-state index in [0.717, 1.165) is 49.4 Å².